The van der Waals surface area contributed by atoms with Crippen LogP contribution in [0, 0.1) is 50.7 Å². The molecule has 2 aromatic heterocycles. The van der Waals surface area contributed by atoms with Crippen LogP contribution in [-0.4, -0.2) is 109 Å². The predicted octanol–water partition coefficient (Wildman–Crippen LogP) is 9.98. The molecule has 0 spiro atoms. The Morgan fingerprint density at radius 1 is 0.691 bits per heavy atom. The van der Waals surface area contributed by atoms with Gasteiger partial charge in [-0.3, -0.25) is 44.2 Å². The smallest absolute Gasteiger partial charge is 0.321 e. The number of aromatic amines is 1. The van der Waals surface area contributed by atoms with E-state index in [4.69, 9.17) is 23.7 Å². The summed E-state index contributed by atoms with van der Waals surface area (Å²) in [5.41, 5.74) is -6.85. The predicted molar refractivity (Wildman–Crippen MR) is 309 cm³/mol. The van der Waals surface area contributed by atoms with E-state index in [2.05, 4.69) is 63.6 Å². The molecule has 0 aliphatic rings. The lowest BCUT2D eigenvalue weighted by atomic mass is 9.61. The highest BCUT2D eigenvalue weighted by molar-refractivity contribution is 5.94. The van der Waals surface area contributed by atoms with E-state index >= 15 is 0 Å². The molecule has 0 radical (unpaired) electrons. The van der Waals surface area contributed by atoms with Crippen molar-refractivity contribution in [1.29, 1.82) is 0 Å². The fraction of sp³-hybridized carbons (Fsp3) is 0.683. The average Bonchev–Trinajstić information content (AvgIpc) is 3.42. The standard InChI is InChI=1S/C60H95N7O14/c1-18-21-30-77-46(70)42(34-56(13,14)47(71)80-38-60(20-3,26-25-43(68)40(4)5)39-81-50(74)59(17,55(10,11)12)36-54(7,8)9)35-58(16,49(73)79-32-29-63-53(76)67-51-64-41(6)33-45(69)66-51)37-57(15,19-2)48(72)78-31-28-62-52(75)65-44-24-22-23-27-61-44/h22-24,27,33,42H,4,18-21,25-26,28-32,34-39H2,1-3,5-17H3,(H2,61,62,65,75)(H3,63,64,66,67,69,76). The quantitative estimate of drug-likeness (QED) is 0.0192. The minimum Gasteiger partial charge on any atom is -0.465 e. The highest BCUT2D eigenvalue weighted by Gasteiger charge is 2.51. The molecular weight excluding hydrogens is 1040 g/mol. The number of hydrogen-bond donors (Lipinski definition) is 5. The van der Waals surface area contributed by atoms with Gasteiger partial charge in [0.15, 0.2) is 5.78 Å². The number of aryl methyl sites for hydroxylation is 1. The van der Waals surface area contributed by atoms with Gasteiger partial charge >= 0.3 is 41.9 Å². The van der Waals surface area contributed by atoms with Gasteiger partial charge in [-0.1, -0.05) is 81.4 Å². The number of esters is 5. The van der Waals surface area contributed by atoms with Gasteiger partial charge in [-0.2, -0.15) is 4.98 Å². The van der Waals surface area contributed by atoms with Crippen molar-refractivity contribution in [2.24, 2.45) is 43.8 Å². The molecule has 0 aromatic carbocycles. The normalized spacial score (nSPS) is 15.1. The summed E-state index contributed by atoms with van der Waals surface area (Å²) < 4.78 is 29.7. The number of carbonyl (C=O) groups is 8. The molecule has 0 bridgehead atoms. The molecule has 5 N–H and O–H groups in total. The Morgan fingerprint density at radius 2 is 1.27 bits per heavy atom. The van der Waals surface area contributed by atoms with Crippen LogP contribution in [0.3, 0.4) is 0 Å². The number of nitrogens with zero attached hydrogens (tertiary/aromatic N) is 2. The first-order chi connectivity index (χ1) is 37.5. The van der Waals surface area contributed by atoms with Crippen molar-refractivity contribution in [2.45, 2.75) is 175 Å². The van der Waals surface area contributed by atoms with E-state index < -0.39 is 85.9 Å². The lowest BCUT2D eigenvalue weighted by Crippen LogP contribution is -2.46. The van der Waals surface area contributed by atoms with Crippen molar-refractivity contribution in [3.8, 4) is 0 Å². The van der Waals surface area contributed by atoms with Gasteiger partial charge in [0.05, 0.1) is 47.3 Å². The van der Waals surface area contributed by atoms with Crippen LogP contribution in [0.15, 0.2) is 47.4 Å². The molecule has 0 aliphatic carbocycles. The molecule has 0 aliphatic heterocycles. The summed E-state index contributed by atoms with van der Waals surface area (Å²) in [6, 6.07) is 4.93. The number of pyridine rings is 1. The topological polar surface area (TPSA) is 289 Å². The van der Waals surface area contributed by atoms with Crippen molar-refractivity contribution in [2.75, 3.05) is 56.8 Å². The molecule has 2 aromatic rings. The molecular formula is C60H95N7O14. The molecule has 454 valence electrons. The molecule has 21 heteroatoms. The van der Waals surface area contributed by atoms with Gasteiger partial charge in [-0.05, 0) is 128 Å². The number of unbranched alkanes of at least 4 members (excludes halogenated alkanes) is 1. The Labute approximate surface area is 479 Å². The highest BCUT2D eigenvalue weighted by atomic mass is 16.6. The third kappa shape index (κ3) is 23.0. The van der Waals surface area contributed by atoms with Crippen molar-refractivity contribution in [3.05, 3.63) is 58.7 Å². The van der Waals surface area contributed by atoms with E-state index in [1.165, 1.54) is 12.3 Å². The lowest BCUT2D eigenvalue weighted by molar-refractivity contribution is -0.173. The Morgan fingerprint density at radius 3 is 1.78 bits per heavy atom. The van der Waals surface area contributed by atoms with E-state index in [0.29, 0.717) is 42.8 Å². The van der Waals surface area contributed by atoms with Crippen LogP contribution in [0.5, 0.6) is 0 Å². The minimum atomic E-state index is -1.67. The summed E-state index contributed by atoms with van der Waals surface area (Å²) in [6.45, 7) is 31.8. The molecule has 5 atom stereocenters. The van der Waals surface area contributed by atoms with E-state index in [-0.39, 0.29) is 102 Å². The summed E-state index contributed by atoms with van der Waals surface area (Å²) >= 11 is 0. The molecule has 21 nitrogen and oxygen atoms in total. The van der Waals surface area contributed by atoms with E-state index in [1.807, 2.05) is 41.5 Å². The Hall–Kier alpha value is -6.67. The molecule has 81 heavy (non-hydrogen) atoms. The van der Waals surface area contributed by atoms with Crippen LogP contribution >= 0.6 is 0 Å². The Balaban J connectivity index is 2.55. The molecule has 4 amide bonds. The minimum absolute atomic E-state index is 0.0507. The van der Waals surface area contributed by atoms with Crippen LogP contribution in [0.25, 0.3) is 0 Å². The number of ether oxygens (including phenoxy) is 5. The average molecular weight is 1140 g/mol. The molecule has 2 rings (SSSR count). The number of nitrogens with one attached hydrogen (secondary N) is 5. The van der Waals surface area contributed by atoms with Crippen molar-refractivity contribution in [1.82, 2.24) is 25.6 Å². The zero-order valence-corrected chi connectivity index (χ0v) is 51.3. The summed E-state index contributed by atoms with van der Waals surface area (Å²) in [5, 5.41) is 10.2. The first-order valence-corrected chi connectivity index (χ1v) is 28.1. The molecule has 0 fully saturated rings. The Bertz CT molecular complexity index is 2540. The summed E-state index contributed by atoms with van der Waals surface area (Å²) in [4.78, 5) is 133. The largest absolute Gasteiger partial charge is 0.465 e. The lowest BCUT2D eigenvalue weighted by Gasteiger charge is -2.44. The zero-order valence-electron chi connectivity index (χ0n) is 51.3. The number of allylic oxidation sites excluding steroid dienone is 1. The van der Waals surface area contributed by atoms with E-state index in [9.17, 15) is 43.2 Å². The van der Waals surface area contributed by atoms with Crippen LogP contribution < -0.4 is 26.8 Å². The van der Waals surface area contributed by atoms with Gasteiger partial charge < -0.3 is 39.3 Å². The summed E-state index contributed by atoms with van der Waals surface area (Å²) in [5.74, 6) is -4.50. The van der Waals surface area contributed by atoms with Crippen molar-refractivity contribution in [3.63, 3.8) is 0 Å². The second-order valence-corrected chi connectivity index (χ2v) is 25.2. The monoisotopic (exact) mass is 1140 g/mol. The Kier molecular flexibility index (Phi) is 26.9. The first-order valence-electron chi connectivity index (χ1n) is 28.1. The third-order valence-corrected chi connectivity index (χ3v) is 15.0. The molecule has 0 saturated heterocycles. The molecule has 2 heterocycles. The number of carbonyl (C=O) groups excluding carboxylic acids is 8. The number of rotatable bonds is 33. The second kappa shape index (κ2) is 31.0. The van der Waals surface area contributed by atoms with Crippen molar-refractivity contribution >= 4 is 59.5 Å². The van der Waals surface area contributed by atoms with Crippen LogP contribution in [0.4, 0.5) is 21.4 Å². The van der Waals surface area contributed by atoms with Crippen LogP contribution in [0.2, 0.25) is 0 Å². The van der Waals surface area contributed by atoms with Gasteiger partial charge in [0.2, 0.25) is 5.95 Å². The van der Waals surface area contributed by atoms with Crippen LogP contribution in [-0.2, 0) is 52.5 Å². The first kappa shape index (κ1) is 70.4. The maximum absolute atomic E-state index is 14.7. The summed E-state index contributed by atoms with van der Waals surface area (Å²) in [7, 11) is 0. The van der Waals surface area contributed by atoms with Gasteiger partial charge in [0.25, 0.3) is 5.56 Å². The van der Waals surface area contributed by atoms with Gasteiger partial charge in [-0.15, -0.1) is 0 Å². The van der Waals surface area contributed by atoms with E-state index in [0.717, 1.165) is 0 Å². The number of ketones is 1. The number of H-pyrrole nitrogens is 1. The summed E-state index contributed by atoms with van der Waals surface area (Å²) in [6.07, 6.45) is 3.34. The number of urea groups is 2. The van der Waals surface area contributed by atoms with Crippen LogP contribution in [0.1, 0.15) is 174 Å². The number of hydrogen-bond acceptors (Lipinski definition) is 16. The fourth-order valence-corrected chi connectivity index (χ4v) is 9.35. The van der Waals surface area contributed by atoms with Gasteiger partial charge in [0, 0.05) is 29.8 Å². The number of Topliss-reactive ketones (excluding diaryl/α,β-unsaturated/α-hetero) is 1. The maximum Gasteiger partial charge on any atom is 0.321 e. The maximum atomic E-state index is 14.7. The number of amides is 4. The van der Waals surface area contributed by atoms with Crippen molar-refractivity contribution < 1.29 is 62.0 Å². The fourth-order valence-electron chi connectivity index (χ4n) is 9.35. The molecule has 0 saturated carbocycles. The number of anilines is 2. The van der Waals surface area contributed by atoms with E-state index in [1.54, 1.807) is 66.7 Å². The highest BCUT2D eigenvalue weighted by Crippen LogP contribution is 2.49. The SMILES string of the molecule is C=C(C)C(=O)CCC(CC)(COC(=O)C(C)(C)CC(CC(C)(CC(C)(CC)C(=O)OCCNC(=O)Nc1ccccn1)C(=O)OCCNC(=O)Nc1nc(=O)cc(C)[nH]1)C(=O)OCCCC)COC(=O)C(C)(CC(C)(C)C)C(C)(C)C. The van der Waals surface area contributed by atoms with Gasteiger partial charge in [0.1, 0.15) is 32.2 Å². The second-order valence-electron chi connectivity index (χ2n) is 25.2. The zero-order chi connectivity index (χ0) is 61.6. The van der Waals surface area contributed by atoms with Gasteiger partial charge in [-0.25, -0.2) is 14.6 Å². The third-order valence-electron chi connectivity index (χ3n) is 15.0. The number of aromatic nitrogens is 3. The molecule has 5 unspecified atom stereocenters.